The number of nitrogens with two attached hydrogens (primary N) is 1. The van der Waals surface area contributed by atoms with Crippen LogP contribution >= 0.6 is 23.2 Å². The summed E-state index contributed by atoms with van der Waals surface area (Å²) in [6, 6.07) is 57.3. The molecule has 8 aromatic carbocycles. The molecule has 0 aliphatic heterocycles. The topological polar surface area (TPSA) is 431 Å². The molecule has 4 unspecified atom stereocenters. The molecule has 16 rings (SSSR count). The van der Waals surface area contributed by atoms with Gasteiger partial charge in [0.25, 0.3) is 24.2 Å². The lowest BCUT2D eigenvalue weighted by atomic mass is 9.95. The Morgan fingerprint density at radius 1 is 0.400 bits per heavy atom. The second kappa shape index (κ2) is 57.6. The Bertz CT molecular complexity index is 5910. The third-order valence-corrected chi connectivity index (χ3v) is 25.5. The number of carbonyl (C=O) groups excluding carboxylic acids is 7. The number of fused-ring (bicyclic) bond motifs is 4. The molecule has 4 heterocycles. The molecule has 25 nitrogen and oxygen atoms in total. The van der Waals surface area contributed by atoms with E-state index in [2.05, 4.69) is 64.9 Å². The number of halogens is 8. The molecule has 4 aliphatic carbocycles. The van der Waals surface area contributed by atoms with Gasteiger partial charge in [-0.25, -0.2) is 27.2 Å². The van der Waals surface area contributed by atoms with Crippen molar-refractivity contribution < 1.29 is 106 Å². The van der Waals surface area contributed by atoms with Crippen LogP contribution in [0.1, 0.15) is 232 Å². The Hall–Kier alpha value is -11.5. The van der Waals surface area contributed by atoms with Crippen molar-refractivity contribution in [3.8, 4) is 50.4 Å². The van der Waals surface area contributed by atoms with E-state index in [9.17, 15) is 51.1 Å². The van der Waals surface area contributed by atoms with Crippen molar-refractivity contribution >= 4 is 109 Å². The summed E-state index contributed by atoms with van der Waals surface area (Å²) in [4.78, 5) is 96.9. The fourth-order valence-corrected chi connectivity index (χ4v) is 16.9. The monoisotopic (exact) mass is 2090 g/mol. The lowest BCUT2D eigenvalue weighted by Gasteiger charge is -2.25. The Balaban J connectivity index is 0.000000319. The van der Waals surface area contributed by atoms with Crippen LogP contribution in [0.3, 0.4) is 0 Å². The molecular formula is C112H152Cl4F4N14O11. The van der Waals surface area contributed by atoms with Crippen molar-refractivity contribution in [1.29, 1.82) is 0 Å². The summed E-state index contributed by atoms with van der Waals surface area (Å²) in [5.41, 5.74) is 25.2. The predicted molar refractivity (Wildman–Crippen MR) is 568 cm³/mol. The van der Waals surface area contributed by atoms with Gasteiger partial charge in [-0.15, -0.1) is 23.2 Å². The van der Waals surface area contributed by atoms with Crippen molar-refractivity contribution in [2.45, 2.75) is 252 Å². The second-order valence-electron chi connectivity index (χ2n) is 40.1. The molecule has 0 spiro atoms. The average Bonchev–Trinajstić information content (AvgIpc) is 1.68. The van der Waals surface area contributed by atoms with Crippen molar-refractivity contribution in [1.82, 2.24) is 58.8 Å². The molecule has 145 heavy (non-hydrogen) atoms. The number of aromatic nitrogens is 4. The fourth-order valence-electron chi connectivity index (χ4n) is 16.5. The predicted octanol–water partition coefficient (Wildman–Crippen LogP) is 17.8. The number of benzene rings is 8. The molecule has 5 amide bonds. The highest BCUT2D eigenvalue weighted by Crippen LogP contribution is 2.39. The van der Waals surface area contributed by atoms with Crippen molar-refractivity contribution in [2.75, 3.05) is 26.2 Å². The summed E-state index contributed by atoms with van der Waals surface area (Å²) in [6.45, 7) is 21.1. The smallest absolute Gasteiger partial charge is 0.407 e. The number of hydrogen-bond donors (Lipinski definition) is 14. The van der Waals surface area contributed by atoms with Gasteiger partial charge in [0.15, 0.2) is 0 Å². The Morgan fingerprint density at radius 3 is 0.986 bits per heavy atom. The molecule has 4 aliphatic rings. The molecule has 12 aromatic rings. The van der Waals surface area contributed by atoms with E-state index in [-0.39, 0.29) is 153 Å². The first kappa shape index (κ1) is 124. The van der Waals surface area contributed by atoms with E-state index >= 15 is 0 Å². The number of ether oxygens (including phenoxy) is 4. The van der Waals surface area contributed by atoms with Crippen LogP contribution < -0.4 is 85.6 Å². The zero-order chi connectivity index (χ0) is 99.1. The van der Waals surface area contributed by atoms with Crippen LogP contribution in [-0.4, -0.2) is 140 Å². The first-order valence-corrected chi connectivity index (χ1v) is 48.9. The van der Waals surface area contributed by atoms with Gasteiger partial charge in [-0.1, -0.05) is 126 Å². The zero-order valence-electron chi connectivity index (χ0n) is 82.8. The minimum Gasteiger partial charge on any atom is -1.00 e. The summed E-state index contributed by atoms with van der Waals surface area (Å²) < 4.78 is 73.3. The molecule has 4 saturated carbocycles. The highest BCUT2D eigenvalue weighted by Gasteiger charge is 2.37. The molecule has 8 atom stereocenters. The number of nitrogens with one attached hydrogen (secondary N) is 9. The number of aromatic amines is 4. The van der Waals surface area contributed by atoms with Gasteiger partial charge in [-0.2, -0.15) is 0 Å². The highest BCUT2D eigenvalue weighted by molar-refractivity contribution is 6.21. The zero-order valence-corrected chi connectivity index (χ0v) is 85.8. The van der Waals surface area contributed by atoms with Crippen molar-refractivity contribution in [3.63, 3.8) is 0 Å². The highest BCUT2D eigenvalue weighted by atomic mass is 35.5. The third kappa shape index (κ3) is 40.7. The standard InChI is InChI=1S/C29H36FN3O3.2C23H25ClFN3O.C19H36N2O4.C15H10FNO2.3CH4.2ClH.2H3N/c1-18(5-14-24(20-6-7-20)33-28(35)36-29(2,3)4)17-31-27(34)26-16-22-9-8-21(15-25(22)32-26)19-10-12-23(30)13-11-19;2*24-18(7-10-20(26)15-1-2-15)13-27-23(29)22-12-17-4-3-16(11-21(17)28-22)14-5-8-19(25)9-6-14;1-18(2,3)24-16(22)11-13(12-20)7-10-15(14-8-9-14)21-17(23)25-19(4,5)6;16-13-5-3-10(4-6-13)11-1-2-12-8-15(19-9-18)17-14(12)7-11;;;;;;;/h8-13,15-16,18,20,24,32H,5-7,14,17H2,1-4H3,(H,31,34)(H,33,35);2*3-6,8-9,11-12,15,18,20,28H,1-2,7,10,13,26H2,(H,27,29);13-15H,7-12,20H2,1-6H3,(H,21,23);1-9,17H;3*1H4;2*1H;2*1H3/t18-,24?;2*18-,20?;13-,15?;;;;;;;;/m0001......../s1. The number of H-pyrrole nitrogens is 4. The fraction of sp³-hybridized carbons (Fsp3) is 0.438. The van der Waals surface area contributed by atoms with E-state index < -0.39 is 16.8 Å². The van der Waals surface area contributed by atoms with Gasteiger partial charge in [0, 0.05) is 112 Å². The first-order valence-electron chi connectivity index (χ1n) is 48.1. The van der Waals surface area contributed by atoms with E-state index in [1.165, 1.54) is 74.2 Å². The summed E-state index contributed by atoms with van der Waals surface area (Å²) in [6.07, 6.45) is 16.3. The van der Waals surface area contributed by atoms with E-state index in [4.69, 9.17) is 47.9 Å². The third-order valence-electron chi connectivity index (χ3n) is 24.8. The number of amides is 5. The maximum Gasteiger partial charge on any atom is 0.407 e. The average molecular weight is 2090 g/mol. The molecule has 792 valence electrons. The number of esters is 1. The lowest BCUT2D eigenvalue weighted by molar-refractivity contribution is -0.428. The van der Waals surface area contributed by atoms with Gasteiger partial charge < -0.3 is 120 Å². The normalized spacial score (nSPS) is 14.6. The van der Waals surface area contributed by atoms with Crippen LogP contribution in [0.15, 0.2) is 194 Å². The Kier molecular flexibility index (Phi) is 49.2. The van der Waals surface area contributed by atoms with Gasteiger partial charge in [-0.3, -0.25) is 24.0 Å². The summed E-state index contributed by atoms with van der Waals surface area (Å²) in [7, 11) is 0. The molecule has 0 radical (unpaired) electrons. The van der Waals surface area contributed by atoms with Gasteiger partial charge in [0.1, 0.15) is 57.2 Å². The van der Waals surface area contributed by atoms with Crippen LogP contribution in [0, 0.1) is 58.8 Å². The minimum atomic E-state index is -0.513. The molecule has 4 aromatic heterocycles. The Labute approximate surface area is 873 Å². The SMILES string of the molecule is C.C.C.CC(C)(C)OC(=O)C[C@H](CN)CCC(NC(=O)OC(C)(C)C)C1CC1.C[C@@H](CCC(NC(=O)OC(C)(C)C)C1CC1)CNC(=O)c1cc2ccc(-c3ccc(F)cc3)cc2[nH]1.N.N.O=COc1cc2ccc(-c3ccc(F)cc3)cc2[nH]1.[Cl-].[Cl-].[NH3+]C(CC[C@H](Cl)CNC(=O)c1cc2ccc(-c3ccc(F)cc3)cc2[nH]1)C1CC1.[NH3+]C(CC[C@H](Cl)CNC(=O)c1cc2ccc(-c3ccc(F)cc3)cc2[nH]1)C1CC1. The van der Waals surface area contributed by atoms with E-state index in [1.54, 1.807) is 54.6 Å². The van der Waals surface area contributed by atoms with Crippen LogP contribution in [0.2, 0.25) is 0 Å². The number of hydrogen-bond acceptors (Lipinski definition) is 14. The Morgan fingerprint density at radius 2 is 0.690 bits per heavy atom. The molecule has 0 bridgehead atoms. The first-order chi connectivity index (χ1) is 65.7. The van der Waals surface area contributed by atoms with Crippen LogP contribution in [-0.2, 0) is 23.8 Å². The van der Waals surface area contributed by atoms with E-state index in [0.717, 1.165) is 177 Å². The van der Waals surface area contributed by atoms with E-state index in [0.29, 0.717) is 86.0 Å². The number of quaternary nitrogens is 2. The number of alkyl carbamates (subject to hydrolysis) is 2. The molecule has 4 fully saturated rings. The maximum atomic E-state index is 13.2. The molecular weight excluding hydrogens is 1940 g/mol. The van der Waals surface area contributed by atoms with Crippen LogP contribution in [0.4, 0.5) is 27.2 Å². The molecule has 33 heteroatoms. The molecule has 0 saturated heterocycles. The summed E-state index contributed by atoms with van der Waals surface area (Å²) >= 11 is 12.8. The number of rotatable bonds is 36. The van der Waals surface area contributed by atoms with E-state index in [1.807, 2.05) is 153 Å². The van der Waals surface area contributed by atoms with Crippen molar-refractivity contribution in [2.24, 2.45) is 41.2 Å². The summed E-state index contributed by atoms with van der Waals surface area (Å²) in [5, 5.41) is 18.5. The van der Waals surface area contributed by atoms with Crippen LogP contribution in [0.25, 0.3) is 88.1 Å². The van der Waals surface area contributed by atoms with Gasteiger partial charge in [0.05, 0.1) is 22.8 Å². The largest absolute Gasteiger partial charge is 1.00 e. The second-order valence-corrected chi connectivity index (χ2v) is 41.4. The van der Waals surface area contributed by atoms with Gasteiger partial charge in [0.2, 0.25) is 5.88 Å². The quantitative estimate of drug-likeness (QED) is 0.00571. The van der Waals surface area contributed by atoms with Gasteiger partial charge in [-0.05, 0) is 318 Å². The molecule has 23 N–H and O–H groups in total. The number of carbonyl (C=O) groups is 7. The van der Waals surface area contributed by atoms with Crippen LogP contribution in [0.5, 0.6) is 5.88 Å². The van der Waals surface area contributed by atoms with Gasteiger partial charge >= 0.3 is 18.2 Å². The minimum absolute atomic E-state index is 0. The summed E-state index contributed by atoms with van der Waals surface area (Å²) in [5.74, 6) is 1.58. The number of alkyl halides is 2. The maximum absolute atomic E-state index is 13.2. The lowest BCUT2D eigenvalue weighted by Crippen LogP contribution is -3.00. The van der Waals surface area contributed by atoms with Crippen molar-refractivity contribution in [3.05, 3.63) is 234 Å².